The van der Waals surface area contributed by atoms with Crippen LogP contribution >= 0.6 is 0 Å². The van der Waals surface area contributed by atoms with E-state index in [0.717, 1.165) is 16.8 Å². The van der Waals surface area contributed by atoms with Crippen LogP contribution in [0.25, 0.3) is 6.08 Å². The van der Waals surface area contributed by atoms with E-state index in [2.05, 4.69) is 10.2 Å². The number of para-hydroxylation sites is 1. The molecule has 1 atom stereocenters. The Bertz CT molecular complexity index is 1320. The minimum atomic E-state index is -0.785. The summed E-state index contributed by atoms with van der Waals surface area (Å²) in [4.78, 5) is 45.4. The Morgan fingerprint density at radius 3 is 2.13 bits per heavy atom. The summed E-state index contributed by atoms with van der Waals surface area (Å²) in [5.41, 5.74) is 2.14. The number of carbonyl (C=O) groups is 3. The summed E-state index contributed by atoms with van der Waals surface area (Å²) in [6, 6.07) is 29.2. The lowest BCUT2D eigenvalue weighted by Gasteiger charge is -2.43. The van der Waals surface area contributed by atoms with Crippen molar-refractivity contribution in [1.29, 1.82) is 0 Å². The summed E-state index contributed by atoms with van der Waals surface area (Å²) >= 11 is 0. The monoisotopic (exact) mass is 522 g/mol. The molecular weight excluding hydrogens is 488 g/mol. The molecule has 0 bridgehead atoms. The molecule has 1 N–H and O–H groups in total. The van der Waals surface area contributed by atoms with Crippen LogP contribution in [0, 0.1) is 0 Å². The van der Waals surface area contributed by atoms with Crippen LogP contribution in [0.3, 0.4) is 0 Å². The first-order chi connectivity index (χ1) is 19.0. The highest BCUT2D eigenvalue weighted by Crippen LogP contribution is 2.39. The van der Waals surface area contributed by atoms with Crippen molar-refractivity contribution in [2.24, 2.45) is 0 Å². The van der Waals surface area contributed by atoms with Gasteiger partial charge in [0, 0.05) is 24.9 Å². The number of hydrogen-bond acceptors (Lipinski definition) is 4. The van der Waals surface area contributed by atoms with Crippen LogP contribution in [0.1, 0.15) is 36.9 Å². The maximum absolute atomic E-state index is 13.9. The van der Waals surface area contributed by atoms with E-state index < -0.39 is 5.54 Å². The number of likely N-dealkylation sites (tertiary alicyclic amines) is 1. The first kappa shape index (κ1) is 26.2. The maximum atomic E-state index is 13.9. The SMILES string of the molecule is CC(NC(=O)CN1CN(c2ccccc2)C2(CCN(C(=O)C=Cc3ccccc3)CC2)C1=O)c1ccccc1. The number of hydrogen-bond donors (Lipinski definition) is 1. The van der Waals surface area contributed by atoms with Crippen molar-refractivity contribution in [2.75, 3.05) is 31.2 Å². The number of anilines is 1. The number of amides is 3. The lowest BCUT2D eigenvalue weighted by molar-refractivity contribution is -0.138. The van der Waals surface area contributed by atoms with Gasteiger partial charge in [-0.05, 0) is 49.1 Å². The largest absolute Gasteiger partial charge is 0.348 e. The summed E-state index contributed by atoms with van der Waals surface area (Å²) in [6.45, 7) is 3.20. The molecule has 2 aliphatic rings. The Morgan fingerprint density at radius 1 is 0.897 bits per heavy atom. The smallest absolute Gasteiger partial charge is 0.250 e. The number of piperidine rings is 1. The molecule has 0 radical (unpaired) electrons. The normalized spacial score (nSPS) is 17.6. The molecule has 3 amide bonds. The van der Waals surface area contributed by atoms with Gasteiger partial charge in [-0.3, -0.25) is 14.4 Å². The van der Waals surface area contributed by atoms with E-state index >= 15 is 0 Å². The highest BCUT2D eigenvalue weighted by atomic mass is 16.2. The molecule has 2 fully saturated rings. The highest BCUT2D eigenvalue weighted by Gasteiger charge is 2.54. The van der Waals surface area contributed by atoms with Gasteiger partial charge in [0.1, 0.15) is 12.1 Å². The fourth-order valence-electron chi connectivity index (χ4n) is 5.54. The molecule has 1 spiro atoms. The third-order valence-electron chi connectivity index (χ3n) is 7.71. The Labute approximate surface area is 229 Å². The third kappa shape index (κ3) is 5.72. The molecule has 0 aliphatic carbocycles. The molecule has 5 rings (SSSR count). The van der Waals surface area contributed by atoms with Gasteiger partial charge in [0.25, 0.3) is 5.91 Å². The minimum Gasteiger partial charge on any atom is -0.348 e. The van der Waals surface area contributed by atoms with Gasteiger partial charge in [0.15, 0.2) is 0 Å². The molecule has 200 valence electrons. The van der Waals surface area contributed by atoms with Gasteiger partial charge in [0.05, 0.1) is 12.7 Å². The van der Waals surface area contributed by atoms with Crippen LogP contribution in [0.5, 0.6) is 0 Å². The van der Waals surface area contributed by atoms with Gasteiger partial charge in [-0.25, -0.2) is 0 Å². The van der Waals surface area contributed by atoms with Crippen molar-refractivity contribution in [1.82, 2.24) is 15.1 Å². The van der Waals surface area contributed by atoms with Crippen molar-refractivity contribution in [3.05, 3.63) is 108 Å². The predicted molar refractivity (Wildman–Crippen MR) is 153 cm³/mol. The molecule has 39 heavy (non-hydrogen) atoms. The molecule has 2 saturated heterocycles. The van der Waals surface area contributed by atoms with Gasteiger partial charge >= 0.3 is 0 Å². The fraction of sp³-hybridized carbons (Fsp3) is 0.281. The Kier molecular flexibility index (Phi) is 7.77. The van der Waals surface area contributed by atoms with Crippen LogP contribution in [-0.4, -0.2) is 59.4 Å². The molecule has 3 aromatic carbocycles. The van der Waals surface area contributed by atoms with E-state index in [4.69, 9.17) is 0 Å². The molecule has 0 aromatic heterocycles. The highest BCUT2D eigenvalue weighted by molar-refractivity contribution is 5.97. The second kappa shape index (κ2) is 11.6. The fourth-order valence-corrected chi connectivity index (χ4v) is 5.54. The van der Waals surface area contributed by atoms with Gasteiger partial charge in [0.2, 0.25) is 11.8 Å². The Hall–Kier alpha value is -4.39. The van der Waals surface area contributed by atoms with Crippen molar-refractivity contribution in [2.45, 2.75) is 31.3 Å². The zero-order chi connectivity index (χ0) is 27.2. The Morgan fingerprint density at radius 2 is 1.49 bits per heavy atom. The summed E-state index contributed by atoms with van der Waals surface area (Å²) < 4.78 is 0. The number of nitrogens with zero attached hydrogens (tertiary/aromatic N) is 3. The first-order valence-electron chi connectivity index (χ1n) is 13.4. The van der Waals surface area contributed by atoms with Crippen molar-refractivity contribution in [3.63, 3.8) is 0 Å². The quantitative estimate of drug-likeness (QED) is 0.471. The predicted octanol–water partition coefficient (Wildman–Crippen LogP) is 4.24. The van der Waals surface area contributed by atoms with E-state index in [0.29, 0.717) is 32.6 Å². The molecule has 0 saturated carbocycles. The third-order valence-corrected chi connectivity index (χ3v) is 7.71. The average molecular weight is 523 g/mol. The topological polar surface area (TPSA) is 73.0 Å². The average Bonchev–Trinajstić information content (AvgIpc) is 3.23. The van der Waals surface area contributed by atoms with Crippen LogP contribution < -0.4 is 10.2 Å². The standard InChI is InChI=1S/C32H34N4O3/c1-25(27-13-7-3-8-14-27)33-29(37)23-35-24-36(28-15-9-4-10-16-28)32(31(35)39)19-21-34(22-20-32)30(38)18-17-26-11-5-2-6-12-26/h2-18,25H,19-24H2,1H3,(H,33,37). The van der Waals surface area contributed by atoms with Crippen molar-refractivity contribution in [3.8, 4) is 0 Å². The molecule has 2 aliphatic heterocycles. The Balaban J connectivity index is 1.28. The van der Waals surface area contributed by atoms with Crippen LogP contribution in [0.4, 0.5) is 5.69 Å². The van der Waals surface area contributed by atoms with Crippen LogP contribution in [-0.2, 0) is 14.4 Å². The van der Waals surface area contributed by atoms with E-state index in [1.807, 2.05) is 104 Å². The zero-order valence-corrected chi connectivity index (χ0v) is 22.2. The second-order valence-corrected chi connectivity index (χ2v) is 10.2. The lowest BCUT2D eigenvalue weighted by atomic mass is 9.85. The molecule has 1 unspecified atom stereocenters. The van der Waals surface area contributed by atoms with Gasteiger partial charge in [-0.1, -0.05) is 78.9 Å². The first-order valence-corrected chi connectivity index (χ1v) is 13.4. The summed E-state index contributed by atoms with van der Waals surface area (Å²) in [6.07, 6.45) is 4.43. The zero-order valence-electron chi connectivity index (χ0n) is 22.2. The van der Waals surface area contributed by atoms with Gasteiger partial charge < -0.3 is 20.0 Å². The number of nitrogens with one attached hydrogen (secondary N) is 1. The van der Waals surface area contributed by atoms with E-state index in [-0.39, 0.29) is 30.3 Å². The van der Waals surface area contributed by atoms with Gasteiger partial charge in [-0.2, -0.15) is 0 Å². The van der Waals surface area contributed by atoms with Crippen molar-refractivity contribution < 1.29 is 14.4 Å². The van der Waals surface area contributed by atoms with Crippen molar-refractivity contribution >= 4 is 29.5 Å². The number of carbonyl (C=O) groups excluding carboxylic acids is 3. The maximum Gasteiger partial charge on any atom is 0.250 e. The second-order valence-electron chi connectivity index (χ2n) is 10.2. The molecule has 3 aromatic rings. The lowest BCUT2D eigenvalue weighted by Crippen LogP contribution is -2.57. The molecular formula is C32H34N4O3. The van der Waals surface area contributed by atoms with E-state index in [1.165, 1.54) is 0 Å². The summed E-state index contributed by atoms with van der Waals surface area (Å²) in [7, 11) is 0. The van der Waals surface area contributed by atoms with Crippen LogP contribution in [0.2, 0.25) is 0 Å². The minimum absolute atomic E-state index is 0.0104. The number of benzene rings is 3. The van der Waals surface area contributed by atoms with Gasteiger partial charge in [-0.15, -0.1) is 0 Å². The molecule has 2 heterocycles. The summed E-state index contributed by atoms with van der Waals surface area (Å²) in [5, 5.41) is 3.03. The number of rotatable bonds is 7. The van der Waals surface area contributed by atoms with E-state index in [1.54, 1.807) is 15.9 Å². The summed E-state index contributed by atoms with van der Waals surface area (Å²) in [5.74, 6) is -0.305. The van der Waals surface area contributed by atoms with E-state index in [9.17, 15) is 14.4 Å². The molecule has 7 heteroatoms. The van der Waals surface area contributed by atoms with Crippen LogP contribution in [0.15, 0.2) is 97.1 Å². The molecule has 7 nitrogen and oxygen atoms in total.